The van der Waals surface area contributed by atoms with Gasteiger partial charge in [-0.05, 0) is 56.3 Å². The number of likely N-dealkylation sites (tertiary alicyclic amines) is 1. The molecule has 1 N–H and O–H groups in total. The molecule has 1 atom stereocenters. The third-order valence-corrected chi connectivity index (χ3v) is 5.55. The van der Waals surface area contributed by atoms with E-state index >= 15 is 0 Å². The topological polar surface area (TPSA) is 15.3 Å². The molecule has 2 nitrogen and oxygen atoms in total. The molecule has 0 aliphatic carbocycles. The summed E-state index contributed by atoms with van der Waals surface area (Å²) in [4.78, 5) is 4.04. The Bertz CT molecular complexity index is 413. The molecule has 104 valence electrons. The van der Waals surface area contributed by atoms with Crippen LogP contribution in [0.1, 0.15) is 37.8 Å². The van der Waals surface area contributed by atoms with Gasteiger partial charge in [-0.2, -0.15) is 0 Å². The number of rotatable bonds is 3. The molecule has 0 aromatic heterocycles. The minimum Gasteiger partial charge on any atom is -0.307 e. The quantitative estimate of drug-likeness (QED) is 0.912. The number of hydrogen-bond acceptors (Lipinski definition) is 3. The summed E-state index contributed by atoms with van der Waals surface area (Å²) in [6.45, 7) is 5.99. The lowest BCUT2D eigenvalue weighted by Crippen LogP contribution is -2.44. The van der Waals surface area contributed by atoms with Gasteiger partial charge in [-0.1, -0.05) is 25.1 Å². The molecule has 1 aromatic carbocycles. The van der Waals surface area contributed by atoms with Crippen molar-refractivity contribution in [2.75, 3.05) is 25.4 Å². The van der Waals surface area contributed by atoms with E-state index < -0.39 is 0 Å². The van der Waals surface area contributed by atoms with E-state index in [0.29, 0.717) is 12.1 Å². The first kappa shape index (κ1) is 13.5. The van der Waals surface area contributed by atoms with Crippen LogP contribution in [-0.2, 0) is 0 Å². The second kappa shape index (κ2) is 6.29. The standard InChI is InChI=1S/C16H24N2S/c1-2-18-10-7-13(8-11-18)17-15-9-12-19-16-6-4-3-5-14(15)16/h3-6,13,15,17H,2,7-12H2,1H3. The van der Waals surface area contributed by atoms with Crippen LogP contribution >= 0.6 is 11.8 Å². The largest absolute Gasteiger partial charge is 0.307 e. The third kappa shape index (κ3) is 3.15. The van der Waals surface area contributed by atoms with Crippen LogP contribution in [0, 0.1) is 0 Å². The van der Waals surface area contributed by atoms with E-state index in [1.54, 1.807) is 0 Å². The first-order valence-electron chi connectivity index (χ1n) is 7.57. The highest BCUT2D eigenvalue weighted by molar-refractivity contribution is 7.99. The second-order valence-electron chi connectivity index (χ2n) is 5.60. The third-order valence-electron chi connectivity index (χ3n) is 4.43. The zero-order valence-electron chi connectivity index (χ0n) is 11.8. The van der Waals surface area contributed by atoms with Gasteiger partial charge < -0.3 is 10.2 Å². The van der Waals surface area contributed by atoms with Crippen molar-refractivity contribution in [3.05, 3.63) is 29.8 Å². The average molecular weight is 276 g/mol. The molecule has 1 fully saturated rings. The molecule has 1 aromatic rings. The molecule has 3 heteroatoms. The molecular weight excluding hydrogens is 252 g/mol. The summed E-state index contributed by atoms with van der Waals surface area (Å²) >= 11 is 2.01. The van der Waals surface area contributed by atoms with E-state index in [9.17, 15) is 0 Å². The predicted molar refractivity (Wildman–Crippen MR) is 82.8 cm³/mol. The van der Waals surface area contributed by atoms with Crippen molar-refractivity contribution < 1.29 is 0 Å². The Kier molecular flexibility index (Phi) is 4.46. The minimum absolute atomic E-state index is 0.579. The summed E-state index contributed by atoms with van der Waals surface area (Å²) < 4.78 is 0. The van der Waals surface area contributed by atoms with Gasteiger partial charge >= 0.3 is 0 Å². The molecule has 2 aliphatic rings. The van der Waals surface area contributed by atoms with Gasteiger partial charge in [0.1, 0.15) is 0 Å². The Hall–Kier alpha value is -0.510. The maximum atomic E-state index is 3.92. The number of benzene rings is 1. The van der Waals surface area contributed by atoms with E-state index in [4.69, 9.17) is 0 Å². The monoisotopic (exact) mass is 276 g/mol. The number of fused-ring (bicyclic) bond motifs is 1. The van der Waals surface area contributed by atoms with Gasteiger partial charge in [-0.25, -0.2) is 0 Å². The van der Waals surface area contributed by atoms with Gasteiger partial charge in [-0.15, -0.1) is 11.8 Å². The van der Waals surface area contributed by atoms with Crippen LogP contribution in [-0.4, -0.2) is 36.3 Å². The number of nitrogens with one attached hydrogen (secondary N) is 1. The summed E-state index contributed by atoms with van der Waals surface area (Å²) in [6, 6.07) is 10.2. The first-order chi connectivity index (χ1) is 9.36. The van der Waals surface area contributed by atoms with E-state index in [-0.39, 0.29) is 0 Å². The van der Waals surface area contributed by atoms with Gasteiger partial charge in [0.2, 0.25) is 0 Å². The molecule has 1 saturated heterocycles. The maximum Gasteiger partial charge on any atom is 0.0341 e. The number of piperidine rings is 1. The molecular formula is C16H24N2S. The Morgan fingerprint density at radius 3 is 2.79 bits per heavy atom. The van der Waals surface area contributed by atoms with Crippen LogP contribution < -0.4 is 5.32 Å². The summed E-state index contributed by atoms with van der Waals surface area (Å²) in [5, 5.41) is 3.92. The van der Waals surface area contributed by atoms with Crippen molar-refractivity contribution in [2.24, 2.45) is 0 Å². The molecule has 2 aliphatic heterocycles. The van der Waals surface area contributed by atoms with Crippen molar-refractivity contribution in [1.82, 2.24) is 10.2 Å². The Balaban J connectivity index is 1.62. The Labute approximate surface area is 121 Å². The molecule has 0 amide bonds. The molecule has 1 unspecified atom stereocenters. The number of hydrogen-bond donors (Lipinski definition) is 1. The fourth-order valence-electron chi connectivity index (χ4n) is 3.22. The van der Waals surface area contributed by atoms with Crippen LogP contribution in [0.4, 0.5) is 0 Å². The van der Waals surface area contributed by atoms with Gasteiger partial charge in [0.25, 0.3) is 0 Å². The van der Waals surface area contributed by atoms with Crippen molar-refractivity contribution in [1.29, 1.82) is 0 Å². The summed E-state index contributed by atoms with van der Waals surface area (Å²) in [6.07, 6.45) is 3.88. The van der Waals surface area contributed by atoms with E-state index in [1.165, 1.54) is 55.1 Å². The summed E-state index contributed by atoms with van der Waals surface area (Å²) in [5.74, 6) is 1.25. The molecule has 3 rings (SSSR count). The van der Waals surface area contributed by atoms with E-state index in [1.807, 2.05) is 11.8 Å². The number of nitrogens with zero attached hydrogens (tertiary/aromatic N) is 1. The van der Waals surface area contributed by atoms with Crippen LogP contribution in [0.25, 0.3) is 0 Å². The lowest BCUT2D eigenvalue weighted by Gasteiger charge is -2.35. The summed E-state index contributed by atoms with van der Waals surface area (Å²) in [7, 11) is 0. The molecule has 2 heterocycles. The lowest BCUT2D eigenvalue weighted by molar-refractivity contribution is 0.197. The van der Waals surface area contributed by atoms with E-state index in [0.717, 1.165) is 0 Å². The van der Waals surface area contributed by atoms with Gasteiger partial charge in [-0.3, -0.25) is 0 Å². The van der Waals surface area contributed by atoms with E-state index in [2.05, 4.69) is 41.4 Å². The van der Waals surface area contributed by atoms with Crippen LogP contribution in [0.15, 0.2) is 29.2 Å². The minimum atomic E-state index is 0.579. The predicted octanol–water partition coefficient (Wildman–Crippen LogP) is 3.30. The maximum absolute atomic E-state index is 3.92. The highest BCUT2D eigenvalue weighted by Gasteiger charge is 2.25. The van der Waals surface area contributed by atoms with Gasteiger partial charge in [0.15, 0.2) is 0 Å². The smallest absolute Gasteiger partial charge is 0.0341 e. The lowest BCUT2D eigenvalue weighted by atomic mass is 9.99. The Morgan fingerprint density at radius 1 is 1.21 bits per heavy atom. The van der Waals surface area contributed by atoms with Crippen molar-refractivity contribution in [3.8, 4) is 0 Å². The molecule has 19 heavy (non-hydrogen) atoms. The molecule has 0 spiro atoms. The summed E-state index contributed by atoms with van der Waals surface area (Å²) in [5.41, 5.74) is 1.52. The zero-order chi connectivity index (χ0) is 13.1. The van der Waals surface area contributed by atoms with Crippen molar-refractivity contribution >= 4 is 11.8 Å². The van der Waals surface area contributed by atoms with Crippen LogP contribution in [0.2, 0.25) is 0 Å². The normalized spacial score (nSPS) is 25.2. The van der Waals surface area contributed by atoms with Crippen molar-refractivity contribution in [3.63, 3.8) is 0 Å². The second-order valence-corrected chi connectivity index (χ2v) is 6.74. The average Bonchev–Trinajstić information content (AvgIpc) is 2.48. The molecule has 0 saturated carbocycles. The first-order valence-corrected chi connectivity index (χ1v) is 8.55. The zero-order valence-corrected chi connectivity index (χ0v) is 12.6. The van der Waals surface area contributed by atoms with Crippen LogP contribution in [0.5, 0.6) is 0 Å². The number of thioether (sulfide) groups is 1. The highest BCUT2D eigenvalue weighted by atomic mass is 32.2. The molecule has 0 bridgehead atoms. The Morgan fingerprint density at radius 2 is 2.00 bits per heavy atom. The fourth-order valence-corrected chi connectivity index (χ4v) is 4.34. The van der Waals surface area contributed by atoms with Gasteiger partial charge in [0, 0.05) is 17.0 Å². The highest BCUT2D eigenvalue weighted by Crippen LogP contribution is 2.36. The van der Waals surface area contributed by atoms with Crippen LogP contribution in [0.3, 0.4) is 0 Å². The van der Waals surface area contributed by atoms with Crippen molar-refractivity contribution in [2.45, 2.75) is 43.2 Å². The van der Waals surface area contributed by atoms with Gasteiger partial charge in [0.05, 0.1) is 0 Å². The molecule has 0 radical (unpaired) electrons. The fraction of sp³-hybridized carbons (Fsp3) is 0.625. The SMILES string of the molecule is CCN1CCC(NC2CCSc3ccccc32)CC1.